The van der Waals surface area contributed by atoms with Gasteiger partial charge < -0.3 is 15.2 Å². The summed E-state index contributed by atoms with van der Waals surface area (Å²) in [4.78, 5) is 24.5. The van der Waals surface area contributed by atoms with Gasteiger partial charge in [-0.05, 0) is 61.3 Å². The average molecular weight is 567 g/mol. The molecule has 0 aliphatic rings. The van der Waals surface area contributed by atoms with Crippen LogP contribution in [-0.2, 0) is 27.7 Å². The lowest BCUT2D eigenvalue weighted by molar-refractivity contribution is -0.122. The molecular weight excluding hydrogens is 528 g/mol. The van der Waals surface area contributed by atoms with Crippen molar-refractivity contribution in [2.45, 2.75) is 50.3 Å². The third-order valence-electron chi connectivity index (χ3n) is 6.74. The number of Topliss-reactive ketones (excluding diaryl/α,β-unsaturated/α-hetero) is 1. The minimum atomic E-state index is -4.08. The number of carboxylic acid groups (broad SMARTS) is 1. The Hall–Kier alpha value is -3.69. The highest BCUT2D eigenvalue weighted by Gasteiger charge is 2.32. The van der Waals surface area contributed by atoms with E-state index in [1.54, 1.807) is 24.3 Å². The van der Waals surface area contributed by atoms with E-state index >= 15 is 0 Å². The lowest BCUT2D eigenvalue weighted by Crippen LogP contribution is -2.50. The zero-order valence-corrected chi connectivity index (χ0v) is 23.6. The van der Waals surface area contributed by atoms with Crippen molar-refractivity contribution in [1.29, 1.82) is 0 Å². The maximum atomic E-state index is 13.6. The number of carbonyl (C=O) groups is 2. The van der Waals surface area contributed by atoms with E-state index in [2.05, 4.69) is 10.0 Å². The van der Waals surface area contributed by atoms with Gasteiger partial charge in [0.05, 0.1) is 11.3 Å². The van der Waals surface area contributed by atoms with Gasteiger partial charge in [-0.15, -0.1) is 0 Å². The van der Waals surface area contributed by atoms with Crippen LogP contribution in [0.1, 0.15) is 37.3 Å². The topological polar surface area (TPSA) is 122 Å². The zero-order valence-electron chi connectivity index (χ0n) is 22.7. The lowest BCUT2D eigenvalue weighted by Gasteiger charge is -2.25. The summed E-state index contributed by atoms with van der Waals surface area (Å²) in [6.07, 6.45) is 1.18. The van der Waals surface area contributed by atoms with E-state index in [0.29, 0.717) is 12.2 Å². The van der Waals surface area contributed by atoms with Crippen LogP contribution in [-0.4, -0.2) is 49.8 Å². The van der Waals surface area contributed by atoms with Gasteiger partial charge in [0.1, 0.15) is 12.4 Å². The second-order valence-electron chi connectivity index (χ2n) is 9.98. The molecule has 3 unspecified atom stereocenters. The van der Waals surface area contributed by atoms with Crippen LogP contribution in [0.4, 0.5) is 4.79 Å². The Balaban J connectivity index is 1.72. The predicted molar refractivity (Wildman–Crippen MR) is 156 cm³/mol. The molecule has 0 saturated carbocycles. The summed E-state index contributed by atoms with van der Waals surface area (Å²) in [7, 11) is -4.08. The third kappa shape index (κ3) is 10.8. The van der Waals surface area contributed by atoms with Crippen LogP contribution in [0.2, 0.25) is 0 Å². The molecule has 3 atom stereocenters. The first-order valence-electron chi connectivity index (χ1n) is 13.5. The summed E-state index contributed by atoms with van der Waals surface area (Å²) in [5, 5.41) is 10.4. The summed E-state index contributed by atoms with van der Waals surface area (Å²) < 4.78 is 35.5. The van der Waals surface area contributed by atoms with Crippen molar-refractivity contribution in [3.8, 4) is 5.75 Å². The molecule has 0 fully saturated rings. The molecule has 0 radical (unpaired) electrons. The fourth-order valence-corrected chi connectivity index (χ4v) is 6.18. The molecule has 0 aromatic heterocycles. The van der Waals surface area contributed by atoms with Crippen LogP contribution in [0.25, 0.3) is 0 Å². The van der Waals surface area contributed by atoms with Gasteiger partial charge in [0.15, 0.2) is 5.78 Å². The predicted octanol–water partition coefficient (Wildman–Crippen LogP) is 4.85. The SMILES string of the molecule is CC(CCc1ccccc1)CC(CNC(=O)O)S(=O)(=O)NC(CCc1ccccc1)C(=O)COc1ccccc1. The van der Waals surface area contributed by atoms with E-state index < -0.39 is 33.2 Å². The van der Waals surface area contributed by atoms with Crippen LogP contribution in [0.3, 0.4) is 0 Å². The molecule has 9 heteroatoms. The van der Waals surface area contributed by atoms with Gasteiger partial charge in [-0.3, -0.25) is 4.79 Å². The average Bonchev–Trinajstić information content (AvgIpc) is 2.96. The quantitative estimate of drug-likeness (QED) is 0.215. The zero-order chi connectivity index (χ0) is 28.8. The number of amides is 1. The first-order chi connectivity index (χ1) is 19.2. The monoisotopic (exact) mass is 566 g/mol. The van der Waals surface area contributed by atoms with Crippen LogP contribution >= 0.6 is 0 Å². The van der Waals surface area contributed by atoms with Crippen molar-refractivity contribution in [3.63, 3.8) is 0 Å². The largest absolute Gasteiger partial charge is 0.486 e. The van der Waals surface area contributed by atoms with Crippen LogP contribution < -0.4 is 14.8 Å². The van der Waals surface area contributed by atoms with Gasteiger partial charge in [0.2, 0.25) is 10.0 Å². The minimum absolute atomic E-state index is 0.00254. The molecule has 3 aromatic carbocycles. The van der Waals surface area contributed by atoms with Gasteiger partial charge in [-0.2, -0.15) is 0 Å². The number of ether oxygens (including phenoxy) is 1. The van der Waals surface area contributed by atoms with Crippen molar-refractivity contribution >= 4 is 21.9 Å². The van der Waals surface area contributed by atoms with Gasteiger partial charge in [0, 0.05) is 6.54 Å². The first-order valence-corrected chi connectivity index (χ1v) is 15.0. The molecule has 0 heterocycles. The number of aryl methyl sites for hydroxylation is 2. The Morgan fingerprint density at radius 1 is 0.825 bits per heavy atom. The Kier molecular flexibility index (Phi) is 12.2. The van der Waals surface area contributed by atoms with Crippen molar-refractivity contribution in [2.75, 3.05) is 13.2 Å². The Bertz CT molecular complexity index is 1290. The number of benzene rings is 3. The number of ketones is 1. The summed E-state index contributed by atoms with van der Waals surface area (Å²) >= 11 is 0. The number of carbonyl (C=O) groups excluding carboxylic acids is 1. The first kappa shape index (κ1) is 30.8. The Morgan fingerprint density at radius 3 is 1.90 bits per heavy atom. The number of hydrogen-bond acceptors (Lipinski definition) is 5. The van der Waals surface area contributed by atoms with E-state index in [0.717, 1.165) is 24.0 Å². The molecule has 3 N–H and O–H groups in total. The van der Waals surface area contributed by atoms with Crippen molar-refractivity contribution in [2.24, 2.45) is 5.92 Å². The molecule has 0 bridgehead atoms. The number of para-hydroxylation sites is 1. The number of hydrogen-bond donors (Lipinski definition) is 3. The van der Waals surface area contributed by atoms with E-state index in [4.69, 9.17) is 4.74 Å². The molecule has 0 aliphatic carbocycles. The molecule has 0 spiro atoms. The second kappa shape index (κ2) is 15.8. The van der Waals surface area contributed by atoms with Gasteiger partial charge in [0.25, 0.3) is 0 Å². The van der Waals surface area contributed by atoms with Gasteiger partial charge in [-0.1, -0.05) is 85.8 Å². The van der Waals surface area contributed by atoms with Gasteiger partial charge in [-0.25, -0.2) is 17.9 Å². The van der Waals surface area contributed by atoms with E-state index in [9.17, 15) is 23.1 Å². The molecule has 3 aromatic rings. The van der Waals surface area contributed by atoms with Crippen LogP contribution in [0.15, 0.2) is 91.0 Å². The normalized spacial score (nSPS) is 13.6. The second-order valence-corrected chi connectivity index (χ2v) is 12.0. The number of rotatable bonds is 17. The Labute approximate surface area is 236 Å². The molecular formula is C31H38N2O6S. The van der Waals surface area contributed by atoms with Crippen molar-refractivity contribution in [3.05, 3.63) is 102 Å². The standard InChI is InChI=1S/C31H38N2O6S/c1-24(17-18-25-11-5-2-6-12-25)21-28(22-32-31(35)36)40(37,38)33-29(20-19-26-13-7-3-8-14-26)30(34)23-39-27-15-9-4-10-16-27/h2-16,24,28-29,32-33H,17-23H2,1H3,(H,35,36). The third-order valence-corrected chi connectivity index (χ3v) is 8.59. The minimum Gasteiger partial charge on any atom is -0.486 e. The molecule has 1 amide bonds. The fourth-order valence-electron chi connectivity index (χ4n) is 4.45. The maximum absolute atomic E-state index is 13.6. The highest BCUT2D eigenvalue weighted by Crippen LogP contribution is 2.20. The molecule has 214 valence electrons. The van der Waals surface area contributed by atoms with Crippen molar-refractivity contribution < 1.29 is 27.9 Å². The summed E-state index contributed by atoms with van der Waals surface area (Å²) in [6, 6.07) is 27.2. The molecule has 8 nitrogen and oxygen atoms in total. The van der Waals surface area contributed by atoms with Gasteiger partial charge >= 0.3 is 6.09 Å². The summed E-state index contributed by atoms with van der Waals surface area (Å²) in [5.74, 6) is 0.110. The van der Waals surface area contributed by atoms with Crippen LogP contribution in [0, 0.1) is 5.92 Å². The number of sulfonamides is 1. The molecule has 40 heavy (non-hydrogen) atoms. The molecule has 3 rings (SSSR count). The summed E-state index contributed by atoms with van der Waals surface area (Å²) in [5.41, 5.74) is 2.13. The fraction of sp³-hybridized carbons (Fsp3) is 0.355. The van der Waals surface area contributed by atoms with E-state index in [1.807, 2.05) is 73.7 Å². The highest BCUT2D eigenvalue weighted by molar-refractivity contribution is 7.90. The molecule has 0 saturated heterocycles. The smallest absolute Gasteiger partial charge is 0.404 e. The molecule has 0 aliphatic heterocycles. The van der Waals surface area contributed by atoms with Crippen molar-refractivity contribution in [1.82, 2.24) is 10.0 Å². The highest BCUT2D eigenvalue weighted by atomic mass is 32.2. The lowest BCUT2D eigenvalue weighted by atomic mass is 9.96. The maximum Gasteiger partial charge on any atom is 0.404 e. The number of nitrogens with one attached hydrogen (secondary N) is 2. The Morgan fingerprint density at radius 2 is 1.35 bits per heavy atom. The van der Waals surface area contributed by atoms with E-state index in [-0.39, 0.29) is 31.9 Å². The van der Waals surface area contributed by atoms with E-state index in [1.165, 1.54) is 0 Å². The summed E-state index contributed by atoms with van der Waals surface area (Å²) in [6.45, 7) is 1.38. The van der Waals surface area contributed by atoms with Crippen LogP contribution in [0.5, 0.6) is 5.75 Å².